The number of hydrazone groups is 1. The molecule has 0 fully saturated rings. The number of carbonyl (C=O) groups is 1. The maximum Gasteiger partial charge on any atom is 0.277 e. The van der Waals surface area contributed by atoms with E-state index in [9.17, 15) is 4.79 Å². The summed E-state index contributed by atoms with van der Waals surface area (Å²) >= 11 is 0. The summed E-state index contributed by atoms with van der Waals surface area (Å²) in [5, 5.41) is 4.04. The molecule has 1 amide bonds. The highest BCUT2D eigenvalue weighted by Gasteiger charge is 2.14. The third kappa shape index (κ3) is 4.99. The van der Waals surface area contributed by atoms with Crippen LogP contribution in [0.25, 0.3) is 0 Å². The Morgan fingerprint density at radius 3 is 2.44 bits per heavy atom. The fourth-order valence-corrected chi connectivity index (χ4v) is 1.01. The third-order valence-corrected chi connectivity index (χ3v) is 2.55. The number of para-hydroxylation sites is 1. The Bertz CT molecular complexity index is 419. The monoisotopic (exact) mass is 248 g/mol. The van der Waals surface area contributed by atoms with Crippen LogP contribution >= 0.6 is 0 Å². The van der Waals surface area contributed by atoms with Gasteiger partial charge in [-0.05, 0) is 19.1 Å². The van der Waals surface area contributed by atoms with Crippen molar-refractivity contribution in [2.24, 2.45) is 10.5 Å². The van der Waals surface area contributed by atoms with E-state index < -0.39 is 0 Å². The summed E-state index contributed by atoms with van der Waals surface area (Å²) < 4.78 is 5.30. The summed E-state index contributed by atoms with van der Waals surface area (Å²) in [5.41, 5.74) is 3.31. The molecular formula is C14H20N2O2. The van der Waals surface area contributed by atoms with E-state index >= 15 is 0 Å². The van der Waals surface area contributed by atoms with Crippen molar-refractivity contribution in [1.29, 1.82) is 0 Å². The Hall–Kier alpha value is -1.84. The van der Waals surface area contributed by atoms with Crippen LogP contribution in [0, 0.1) is 5.41 Å². The van der Waals surface area contributed by atoms with Gasteiger partial charge in [0.25, 0.3) is 5.91 Å². The van der Waals surface area contributed by atoms with E-state index in [0.717, 1.165) is 5.71 Å². The average Bonchev–Trinajstić information content (AvgIpc) is 2.33. The van der Waals surface area contributed by atoms with E-state index in [1.165, 1.54) is 0 Å². The average molecular weight is 248 g/mol. The molecule has 0 saturated heterocycles. The minimum atomic E-state index is -0.262. The van der Waals surface area contributed by atoms with E-state index in [2.05, 4.69) is 10.5 Å². The van der Waals surface area contributed by atoms with Gasteiger partial charge in [-0.3, -0.25) is 4.79 Å². The SMILES string of the molecule is C/C(=N/NC(=O)COc1ccccc1)C(C)(C)C. The number of carbonyl (C=O) groups excluding carboxylic acids is 1. The molecular weight excluding hydrogens is 228 g/mol. The second-order valence-electron chi connectivity index (χ2n) is 5.08. The zero-order valence-corrected chi connectivity index (χ0v) is 11.4. The molecule has 0 atom stereocenters. The van der Waals surface area contributed by atoms with Gasteiger partial charge in [-0.15, -0.1) is 0 Å². The van der Waals surface area contributed by atoms with Crippen LogP contribution in [0.3, 0.4) is 0 Å². The van der Waals surface area contributed by atoms with Gasteiger partial charge in [0.1, 0.15) is 5.75 Å². The first-order chi connectivity index (χ1) is 8.39. The van der Waals surface area contributed by atoms with Crippen molar-refractivity contribution in [3.63, 3.8) is 0 Å². The van der Waals surface area contributed by atoms with Gasteiger partial charge in [0.05, 0.1) is 0 Å². The predicted molar refractivity (Wildman–Crippen MR) is 72.6 cm³/mol. The van der Waals surface area contributed by atoms with Crippen LogP contribution in [0.5, 0.6) is 5.75 Å². The zero-order chi connectivity index (χ0) is 13.6. The van der Waals surface area contributed by atoms with Crippen LogP contribution in [0.1, 0.15) is 27.7 Å². The molecule has 0 heterocycles. The summed E-state index contributed by atoms with van der Waals surface area (Å²) in [6.45, 7) is 7.97. The van der Waals surface area contributed by atoms with Gasteiger partial charge >= 0.3 is 0 Å². The lowest BCUT2D eigenvalue weighted by Gasteiger charge is -2.17. The molecule has 0 aromatic heterocycles. The Morgan fingerprint density at radius 1 is 1.28 bits per heavy atom. The molecule has 0 unspecified atom stereocenters. The summed E-state index contributed by atoms with van der Waals surface area (Å²) in [5.74, 6) is 0.409. The lowest BCUT2D eigenvalue weighted by molar-refractivity contribution is -0.123. The zero-order valence-electron chi connectivity index (χ0n) is 11.4. The van der Waals surface area contributed by atoms with E-state index in [1.807, 2.05) is 45.9 Å². The van der Waals surface area contributed by atoms with Gasteiger partial charge in [-0.1, -0.05) is 39.0 Å². The highest BCUT2D eigenvalue weighted by Crippen LogP contribution is 2.14. The molecule has 1 aromatic carbocycles. The number of nitrogens with zero attached hydrogens (tertiary/aromatic N) is 1. The number of hydrogen-bond donors (Lipinski definition) is 1. The van der Waals surface area contributed by atoms with Crippen LogP contribution in [0.4, 0.5) is 0 Å². The minimum absolute atomic E-state index is 0.0368. The van der Waals surface area contributed by atoms with Gasteiger partial charge in [-0.2, -0.15) is 5.10 Å². The number of hydrogen-bond acceptors (Lipinski definition) is 3. The highest BCUT2D eigenvalue weighted by atomic mass is 16.5. The Kier molecular flexibility index (Phi) is 4.89. The topological polar surface area (TPSA) is 50.7 Å². The smallest absolute Gasteiger partial charge is 0.277 e. The van der Waals surface area contributed by atoms with E-state index in [1.54, 1.807) is 12.1 Å². The molecule has 98 valence electrons. The molecule has 0 radical (unpaired) electrons. The summed E-state index contributed by atoms with van der Waals surface area (Å²) in [4.78, 5) is 11.5. The molecule has 0 aliphatic carbocycles. The number of rotatable bonds is 4. The maximum absolute atomic E-state index is 11.5. The predicted octanol–water partition coefficient (Wildman–Crippen LogP) is 2.60. The molecule has 0 saturated carbocycles. The van der Waals surface area contributed by atoms with Gasteiger partial charge in [0.15, 0.2) is 6.61 Å². The summed E-state index contributed by atoms with van der Waals surface area (Å²) in [6.07, 6.45) is 0. The first-order valence-corrected chi connectivity index (χ1v) is 5.91. The van der Waals surface area contributed by atoms with Crippen LogP contribution in [0.2, 0.25) is 0 Å². The van der Waals surface area contributed by atoms with Crippen LogP contribution < -0.4 is 10.2 Å². The number of amides is 1. The van der Waals surface area contributed by atoms with Gasteiger partial charge in [0, 0.05) is 11.1 Å². The fraction of sp³-hybridized carbons (Fsp3) is 0.429. The molecule has 4 nitrogen and oxygen atoms in total. The van der Waals surface area contributed by atoms with Crippen molar-refractivity contribution in [2.45, 2.75) is 27.7 Å². The van der Waals surface area contributed by atoms with Crippen molar-refractivity contribution < 1.29 is 9.53 Å². The normalized spacial score (nSPS) is 12.1. The van der Waals surface area contributed by atoms with Crippen LogP contribution in [-0.2, 0) is 4.79 Å². The molecule has 1 aromatic rings. The van der Waals surface area contributed by atoms with Crippen molar-refractivity contribution in [3.05, 3.63) is 30.3 Å². The Morgan fingerprint density at radius 2 is 1.89 bits per heavy atom. The van der Waals surface area contributed by atoms with Gasteiger partial charge in [0.2, 0.25) is 0 Å². The lowest BCUT2D eigenvalue weighted by Crippen LogP contribution is -2.28. The van der Waals surface area contributed by atoms with Gasteiger partial charge < -0.3 is 4.74 Å². The second kappa shape index (κ2) is 6.19. The minimum Gasteiger partial charge on any atom is -0.484 e. The number of nitrogens with one attached hydrogen (secondary N) is 1. The standard InChI is InChI=1S/C14H20N2O2/c1-11(14(2,3)4)15-16-13(17)10-18-12-8-6-5-7-9-12/h5-9H,10H2,1-4H3,(H,16,17)/b15-11-. The molecule has 0 aliphatic heterocycles. The summed E-state index contributed by atoms with van der Waals surface area (Å²) in [7, 11) is 0. The first-order valence-electron chi connectivity index (χ1n) is 5.91. The molecule has 1 rings (SSSR count). The van der Waals surface area contributed by atoms with Crippen LogP contribution in [0.15, 0.2) is 35.4 Å². The van der Waals surface area contributed by atoms with Crippen molar-refractivity contribution >= 4 is 11.6 Å². The van der Waals surface area contributed by atoms with E-state index in [-0.39, 0.29) is 17.9 Å². The Labute approximate surface area is 108 Å². The lowest BCUT2D eigenvalue weighted by atomic mass is 9.91. The summed E-state index contributed by atoms with van der Waals surface area (Å²) in [6, 6.07) is 9.21. The molecule has 0 spiro atoms. The largest absolute Gasteiger partial charge is 0.484 e. The Balaban J connectivity index is 2.39. The molecule has 0 bridgehead atoms. The quantitative estimate of drug-likeness (QED) is 0.657. The molecule has 18 heavy (non-hydrogen) atoms. The van der Waals surface area contributed by atoms with E-state index in [0.29, 0.717) is 5.75 Å². The van der Waals surface area contributed by atoms with Crippen LogP contribution in [-0.4, -0.2) is 18.2 Å². The number of ether oxygens (including phenoxy) is 1. The van der Waals surface area contributed by atoms with Gasteiger partial charge in [-0.25, -0.2) is 5.43 Å². The molecule has 4 heteroatoms. The molecule has 0 aliphatic rings. The van der Waals surface area contributed by atoms with E-state index in [4.69, 9.17) is 4.74 Å². The second-order valence-corrected chi connectivity index (χ2v) is 5.08. The fourth-order valence-electron chi connectivity index (χ4n) is 1.01. The number of benzene rings is 1. The van der Waals surface area contributed by atoms with Crippen molar-refractivity contribution in [1.82, 2.24) is 5.43 Å². The highest BCUT2D eigenvalue weighted by molar-refractivity contribution is 5.88. The van der Waals surface area contributed by atoms with Crippen molar-refractivity contribution in [2.75, 3.05) is 6.61 Å². The van der Waals surface area contributed by atoms with Crippen molar-refractivity contribution in [3.8, 4) is 5.75 Å². The first kappa shape index (κ1) is 14.2. The maximum atomic E-state index is 11.5. The third-order valence-electron chi connectivity index (χ3n) is 2.55. The molecule has 1 N–H and O–H groups in total.